The monoisotopic (exact) mass is 199 g/mol. The highest BCUT2D eigenvalue weighted by Crippen LogP contribution is 2.19. The molecule has 0 aliphatic carbocycles. The van der Waals surface area contributed by atoms with E-state index in [1.807, 2.05) is 0 Å². The Morgan fingerprint density at radius 2 is 1.71 bits per heavy atom. The molecule has 0 bridgehead atoms. The molecule has 0 saturated heterocycles. The second-order valence-electron chi connectivity index (χ2n) is 3.18. The molecule has 4 heteroatoms. The van der Waals surface area contributed by atoms with E-state index >= 15 is 0 Å². The lowest BCUT2D eigenvalue weighted by Crippen LogP contribution is -2.02. The fourth-order valence-corrected chi connectivity index (χ4v) is 1.50. The predicted molar refractivity (Wildman–Crippen MR) is 47.0 cm³/mol. The molecule has 0 unspecified atom stereocenters. The molecule has 0 aromatic heterocycles. The van der Waals surface area contributed by atoms with E-state index < -0.39 is 17.5 Å². The maximum Gasteiger partial charge on any atom is 0.161 e. The van der Waals surface area contributed by atoms with Gasteiger partial charge in [-0.2, -0.15) is 0 Å². The third-order valence-electron chi connectivity index (χ3n) is 2.20. The fraction of sp³-hybridized carbons (Fsp3) is 0.300. The van der Waals surface area contributed by atoms with Crippen LogP contribution in [-0.2, 0) is 0 Å². The minimum Gasteiger partial charge on any atom is -0.289 e. The molecule has 0 fully saturated rings. The third kappa shape index (κ3) is 1.52. The molecule has 0 radical (unpaired) electrons. The summed E-state index contributed by atoms with van der Waals surface area (Å²) in [4.78, 5) is 4.03. The normalized spacial score (nSPS) is 15.8. The standard InChI is InChI=1S/C10H8F3N/c11-7-5-9(13)8(12)4-6(7)10-2-1-3-14-10/h4-5H,1-3H2. The lowest BCUT2D eigenvalue weighted by molar-refractivity contribution is 0.494. The highest BCUT2D eigenvalue weighted by molar-refractivity contribution is 6.01. The number of halogens is 3. The zero-order chi connectivity index (χ0) is 10.1. The van der Waals surface area contributed by atoms with Gasteiger partial charge in [0, 0.05) is 23.9 Å². The van der Waals surface area contributed by atoms with Crippen molar-refractivity contribution in [3.8, 4) is 0 Å². The van der Waals surface area contributed by atoms with Gasteiger partial charge in [-0.25, -0.2) is 13.2 Å². The van der Waals surface area contributed by atoms with Crippen LogP contribution in [0.1, 0.15) is 18.4 Å². The van der Waals surface area contributed by atoms with Gasteiger partial charge in [0.1, 0.15) is 5.82 Å². The van der Waals surface area contributed by atoms with Crippen LogP contribution in [0.2, 0.25) is 0 Å². The summed E-state index contributed by atoms with van der Waals surface area (Å²) >= 11 is 0. The van der Waals surface area contributed by atoms with E-state index in [1.165, 1.54) is 0 Å². The van der Waals surface area contributed by atoms with Gasteiger partial charge >= 0.3 is 0 Å². The molecule has 74 valence electrons. The van der Waals surface area contributed by atoms with E-state index in [4.69, 9.17) is 0 Å². The summed E-state index contributed by atoms with van der Waals surface area (Å²) in [6.07, 6.45) is 1.47. The summed E-state index contributed by atoms with van der Waals surface area (Å²) in [5.41, 5.74) is 0.614. The Balaban J connectivity index is 2.47. The summed E-state index contributed by atoms with van der Waals surface area (Å²) in [5.74, 6) is -2.94. The molecule has 0 atom stereocenters. The van der Waals surface area contributed by atoms with Crippen molar-refractivity contribution in [2.75, 3.05) is 6.54 Å². The van der Waals surface area contributed by atoms with E-state index in [9.17, 15) is 13.2 Å². The summed E-state index contributed by atoms with van der Waals surface area (Å²) in [7, 11) is 0. The van der Waals surface area contributed by atoms with Crippen LogP contribution in [0, 0.1) is 17.5 Å². The predicted octanol–water partition coefficient (Wildman–Crippen LogP) is 2.69. The molecule has 1 aliphatic heterocycles. The minimum absolute atomic E-state index is 0.0846. The largest absolute Gasteiger partial charge is 0.289 e. The van der Waals surface area contributed by atoms with Gasteiger partial charge < -0.3 is 0 Å². The minimum atomic E-state index is -1.16. The highest BCUT2D eigenvalue weighted by Gasteiger charge is 2.16. The van der Waals surface area contributed by atoms with E-state index in [0.29, 0.717) is 24.7 Å². The fourth-order valence-electron chi connectivity index (χ4n) is 1.50. The number of hydrogen-bond donors (Lipinski definition) is 0. The number of rotatable bonds is 1. The van der Waals surface area contributed by atoms with Crippen LogP contribution in [0.5, 0.6) is 0 Å². The van der Waals surface area contributed by atoms with Crippen LogP contribution in [0.25, 0.3) is 0 Å². The molecule has 14 heavy (non-hydrogen) atoms. The van der Waals surface area contributed by atoms with Crippen LogP contribution < -0.4 is 0 Å². The van der Waals surface area contributed by atoms with Gasteiger partial charge in [-0.05, 0) is 18.9 Å². The smallest absolute Gasteiger partial charge is 0.161 e. The quantitative estimate of drug-likeness (QED) is 0.616. The topological polar surface area (TPSA) is 12.4 Å². The highest BCUT2D eigenvalue weighted by atomic mass is 19.2. The molecule has 2 rings (SSSR count). The molecule has 1 aliphatic rings. The van der Waals surface area contributed by atoms with E-state index in [-0.39, 0.29) is 5.56 Å². The molecule has 0 N–H and O–H groups in total. The number of aliphatic imine (C=N–C) groups is 1. The van der Waals surface area contributed by atoms with Gasteiger partial charge in [-0.3, -0.25) is 4.99 Å². The molecule has 0 saturated carbocycles. The first-order chi connectivity index (χ1) is 6.68. The summed E-state index contributed by atoms with van der Waals surface area (Å²) in [6, 6.07) is 1.43. The number of hydrogen-bond acceptors (Lipinski definition) is 1. The lowest BCUT2D eigenvalue weighted by atomic mass is 10.1. The van der Waals surface area contributed by atoms with Crippen LogP contribution in [0.15, 0.2) is 17.1 Å². The zero-order valence-corrected chi connectivity index (χ0v) is 7.36. The van der Waals surface area contributed by atoms with Crippen LogP contribution in [-0.4, -0.2) is 12.3 Å². The van der Waals surface area contributed by atoms with Crippen molar-refractivity contribution in [1.82, 2.24) is 0 Å². The van der Waals surface area contributed by atoms with Gasteiger partial charge in [-0.15, -0.1) is 0 Å². The Morgan fingerprint density at radius 3 is 2.36 bits per heavy atom. The maximum absolute atomic E-state index is 13.2. The van der Waals surface area contributed by atoms with E-state index in [2.05, 4.69) is 4.99 Å². The van der Waals surface area contributed by atoms with Gasteiger partial charge in [0.05, 0.1) is 0 Å². The zero-order valence-electron chi connectivity index (χ0n) is 7.36. The Morgan fingerprint density at radius 1 is 1.00 bits per heavy atom. The Labute approximate surface area is 79.3 Å². The van der Waals surface area contributed by atoms with Crippen molar-refractivity contribution < 1.29 is 13.2 Å². The van der Waals surface area contributed by atoms with E-state index in [0.717, 1.165) is 12.5 Å². The van der Waals surface area contributed by atoms with Gasteiger partial charge in [0.15, 0.2) is 11.6 Å². The summed E-state index contributed by atoms with van der Waals surface area (Å²) in [5, 5.41) is 0. The Hall–Kier alpha value is -1.32. The van der Waals surface area contributed by atoms with Gasteiger partial charge in [0.25, 0.3) is 0 Å². The van der Waals surface area contributed by atoms with Crippen molar-refractivity contribution in [3.63, 3.8) is 0 Å². The SMILES string of the molecule is Fc1cc(F)c(C2=NCCC2)cc1F. The van der Waals surface area contributed by atoms with Crippen molar-refractivity contribution >= 4 is 5.71 Å². The van der Waals surface area contributed by atoms with Gasteiger partial charge in [0.2, 0.25) is 0 Å². The molecule has 1 aromatic carbocycles. The van der Waals surface area contributed by atoms with Gasteiger partial charge in [-0.1, -0.05) is 0 Å². The molecular weight excluding hydrogens is 191 g/mol. The van der Waals surface area contributed by atoms with E-state index in [1.54, 1.807) is 0 Å². The third-order valence-corrected chi connectivity index (χ3v) is 2.20. The van der Waals surface area contributed by atoms with Crippen LogP contribution in [0.3, 0.4) is 0 Å². The average Bonchev–Trinajstić information content (AvgIpc) is 2.64. The maximum atomic E-state index is 13.2. The second-order valence-corrected chi connectivity index (χ2v) is 3.18. The first-order valence-corrected chi connectivity index (χ1v) is 4.37. The van der Waals surface area contributed by atoms with Crippen molar-refractivity contribution in [2.24, 2.45) is 4.99 Å². The number of benzene rings is 1. The second kappa shape index (κ2) is 3.44. The van der Waals surface area contributed by atoms with Crippen molar-refractivity contribution in [2.45, 2.75) is 12.8 Å². The molecular formula is C10H8F3N. The first-order valence-electron chi connectivity index (χ1n) is 4.37. The molecule has 1 nitrogen and oxygen atoms in total. The summed E-state index contributed by atoms with van der Waals surface area (Å²) in [6.45, 7) is 0.633. The lowest BCUT2D eigenvalue weighted by Gasteiger charge is -2.03. The molecule has 1 aromatic rings. The molecule has 0 amide bonds. The van der Waals surface area contributed by atoms with Crippen molar-refractivity contribution in [3.05, 3.63) is 35.1 Å². The molecule has 0 spiro atoms. The average molecular weight is 199 g/mol. The Bertz CT molecular complexity index is 399. The Kier molecular flexibility index (Phi) is 2.27. The van der Waals surface area contributed by atoms with Crippen LogP contribution >= 0.6 is 0 Å². The van der Waals surface area contributed by atoms with Crippen LogP contribution in [0.4, 0.5) is 13.2 Å². The number of nitrogens with zero attached hydrogens (tertiary/aromatic N) is 1. The first kappa shape index (κ1) is 9.24. The molecule has 1 heterocycles. The van der Waals surface area contributed by atoms with Crippen molar-refractivity contribution in [1.29, 1.82) is 0 Å². The summed E-state index contributed by atoms with van der Waals surface area (Å²) < 4.78 is 38.6.